The van der Waals surface area contributed by atoms with E-state index in [0.29, 0.717) is 5.92 Å². The average Bonchev–Trinajstić information content (AvgIpc) is 2.23. The molecule has 0 radical (unpaired) electrons. The van der Waals surface area contributed by atoms with Crippen LogP contribution in [0.2, 0.25) is 0 Å². The van der Waals surface area contributed by atoms with Crippen molar-refractivity contribution in [3.63, 3.8) is 0 Å². The number of nitrogens with one attached hydrogen (secondary N) is 1. The zero-order valence-corrected chi connectivity index (χ0v) is 9.92. The summed E-state index contributed by atoms with van der Waals surface area (Å²) in [5, 5.41) is 3.32. The Kier molecular flexibility index (Phi) is 5.19. The van der Waals surface area contributed by atoms with Gasteiger partial charge in [-0.2, -0.15) is 0 Å². The van der Waals surface area contributed by atoms with Gasteiger partial charge in [0.25, 0.3) is 0 Å². The largest absolute Gasteiger partial charge is 0.493 e. The lowest BCUT2D eigenvalue weighted by atomic mass is 10.2. The predicted molar refractivity (Wildman–Crippen MR) is 64.4 cm³/mol. The summed E-state index contributed by atoms with van der Waals surface area (Å²) >= 11 is 0. The summed E-state index contributed by atoms with van der Waals surface area (Å²) < 4.78 is 5.71. The standard InChI is InChI=1S/C13H21NO/c1-4-14-9-12(3)10-15-13-7-5-6-11(2)8-13/h5-8,12,14H,4,9-10H2,1-3H3. The number of aryl methyl sites for hydroxylation is 1. The zero-order valence-electron chi connectivity index (χ0n) is 9.92. The minimum absolute atomic E-state index is 0.547. The molecule has 1 aromatic carbocycles. The molecule has 0 spiro atoms. The third-order valence-electron chi connectivity index (χ3n) is 2.27. The Hall–Kier alpha value is -1.02. The maximum absolute atomic E-state index is 5.71. The molecule has 0 aliphatic heterocycles. The van der Waals surface area contributed by atoms with Gasteiger partial charge in [-0.25, -0.2) is 0 Å². The second-order valence-electron chi connectivity index (χ2n) is 4.04. The Morgan fingerprint density at radius 1 is 1.40 bits per heavy atom. The van der Waals surface area contributed by atoms with Crippen molar-refractivity contribution < 1.29 is 4.74 Å². The summed E-state index contributed by atoms with van der Waals surface area (Å²) in [5.74, 6) is 1.52. The van der Waals surface area contributed by atoms with Gasteiger partial charge in [-0.15, -0.1) is 0 Å². The van der Waals surface area contributed by atoms with E-state index < -0.39 is 0 Å². The topological polar surface area (TPSA) is 21.3 Å². The lowest BCUT2D eigenvalue weighted by molar-refractivity contribution is 0.256. The Bertz CT molecular complexity index is 286. The summed E-state index contributed by atoms with van der Waals surface area (Å²) in [6.07, 6.45) is 0. The van der Waals surface area contributed by atoms with Crippen LogP contribution in [-0.4, -0.2) is 19.7 Å². The molecular formula is C13H21NO. The van der Waals surface area contributed by atoms with E-state index in [1.807, 2.05) is 12.1 Å². The van der Waals surface area contributed by atoms with Gasteiger partial charge in [0.2, 0.25) is 0 Å². The fourth-order valence-electron chi connectivity index (χ4n) is 1.39. The van der Waals surface area contributed by atoms with E-state index in [1.165, 1.54) is 5.56 Å². The number of ether oxygens (including phenoxy) is 1. The SMILES string of the molecule is CCNCC(C)COc1cccc(C)c1. The Morgan fingerprint density at radius 2 is 2.20 bits per heavy atom. The van der Waals surface area contributed by atoms with Crippen molar-refractivity contribution in [1.29, 1.82) is 0 Å². The second kappa shape index (κ2) is 6.46. The highest BCUT2D eigenvalue weighted by molar-refractivity contribution is 5.27. The normalized spacial score (nSPS) is 12.5. The monoisotopic (exact) mass is 207 g/mol. The Morgan fingerprint density at radius 3 is 2.87 bits per heavy atom. The lowest BCUT2D eigenvalue weighted by Gasteiger charge is -2.13. The molecule has 0 fully saturated rings. The molecular weight excluding hydrogens is 186 g/mol. The van der Waals surface area contributed by atoms with Crippen molar-refractivity contribution in [3.8, 4) is 5.75 Å². The molecule has 1 N–H and O–H groups in total. The first-order valence-electron chi connectivity index (χ1n) is 5.62. The number of hydrogen-bond acceptors (Lipinski definition) is 2. The zero-order chi connectivity index (χ0) is 11.1. The second-order valence-corrected chi connectivity index (χ2v) is 4.04. The van der Waals surface area contributed by atoms with Crippen molar-refractivity contribution >= 4 is 0 Å². The van der Waals surface area contributed by atoms with Gasteiger partial charge in [0.1, 0.15) is 5.75 Å². The molecule has 0 saturated carbocycles. The van der Waals surface area contributed by atoms with Crippen molar-refractivity contribution in [1.82, 2.24) is 5.32 Å². The van der Waals surface area contributed by atoms with Gasteiger partial charge in [-0.1, -0.05) is 26.0 Å². The van der Waals surface area contributed by atoms with E-state index in [-0.39, 0.29) is 0 Å². The van der Waals surface area contributed by atoms with Crippen LogP contribution in [0.25, 0.3) is 0 Å². The van der Waals surface area contributed by atoms with Gasteiger partial charge in [-0.3, -0.25) is 0 Å². The molecule has 84 valence electrons. The molecule has 0 aliphatic rings. The van der Waals surface area contributed by atoms with Gasteiger partial charge < -0.3 is 10.1 Å². The minimum Gasteiger partial charge on any atom is -0.493 e. The van der Waals surface area contributed by atoms with Crippen LogP contribution >= 0.6 is 0 Å². The van der Waals surface area contributed by atoms with Crippen molar-refractivity contribution in [2.75, 3.05) is 19.7 Å². The molecule has 0 heterocycles. The van der Waals surface area contributed by atoms with Crippen LogP contribution in [0.3, 0.4) is 0 Å². The predicted octanol–water partition coefficient (Wildman–Crippen LogP) is 2.62. The Labute approximate surface area is 92.6 Å². The third-order valence-corrected chi connectivity index (χ3v) is 2.27. The summed E-state index contributed by atoms with van der Waals surface area (Å²) in [7, 11) is 0. The molecule has 15 heavy (non-hydrogen) atoms. The highest BCUT2D eigenvalue weighted by atomic mass is 16.5. The highest BCUT2D eigenvalue weighted by Crippen LogP contribution is 2.13. The molecule has 0 aliphatic carbocycles. The van der Waals surface area contributed by atoms with Crippen LogP contribution in [0, 0.1) is 12.8 Å². The first kappa shape index (κ1) is 12.1. The molecule has 1 rings (SSSR count). The maximum atomic E-state index is 5.71. The van der Waals surface area contributed by atoms with E-state index in [1.54, 1.807) is 0 Å². The number of hydrogen-bond donors (Lipinski definition) is 1. The van der Waals surface area contributed by atoms with Crippen molar-refractivity contribution in [2.45, 2.75) is 20.8 Å². The summed E-state index contributed by atoms with van der Waals surface area (Å²) in [6, 6.07) is 8.18. The van der Waals surface area contributed by atoms with E-state index in [2.05, 4.69) is 38.2 Å². The molecule has 0 bridgehead atoms. The van der Waals surface area contributed by atoms with Gasteiger partial charge in [-0.05, 0) is 31.2 Å². The van der Waals surface area contributed by atoms with Crippen LogP contribution in [0.15, 0.2) is 24.3 Å². The van der Waals surface area contributed by atoms with E-state index in [4.69, 9.17) is 4.74 Å². The molecule has 0 aromatic heterocycles. The summed E-state index contributed by atoms with van der Waals surface area (Å²) in [4.78, 5) is 0. The first-order valence-corrected chi connectivity index (χ1v) is 5.62. The molecule has 2 heteroatoms. The molecule has 1 aromatic rings. The van der Waals surface area contributed by atoms with Gasteiger partial charge in [0.15, 0.2) is 0 Å². The first-order chi connectivity index (χ1) is 7.22. The van der Waals surface area contributed by atoms with Crippen molar-refractivity contribution in [3.05, 3.63) is 29.8 Å². The number of rotatable bonds is 6. The van der Waals surface area contributed by atoms with Crippen LogP contribution in [0.4, 0.5) is 0 Å². The van der Waals surface area contributed by atoms with Crippen molar-refractivity contribution in [2.24, 2.45) is 5.92 Å². The van der Waals surface area contributed by atoms with Gasteiger partial charge in [0.05, 0.1) is 6.61 Å². The van der Waals surface area contributed by atoms with E-state index in [9.17, 15) is 0 Å². The minimum atomic E-state index is 0.547. The highest BCUT2D eigenvalue weighted by Gasteiger charge is 2.02. The smallest absolute Gasteiger partial charge is 0.119 e. The van der Waals surface area contributed by atoms with Crippen LogP contribution in [0.5, 0.6) is 5.75 Å². The molecule has 2 nitrogen and oxygen atoms in total. The average molecular weight is 207 g/mol. The van der Waals surface area contributed by atoms with Crippen LogP contribution in [0.1, 0.15) is 19.4 Å². The summed E-state index contributed by atoms with van der Waals surface area (Å²) in [6.45, 7) is 9.20. The molecule has 0 saturated heterocycles. The quantitative estimate of drug-likeness (QED) is 0.774. The van der Waals surface area contributed by atoms with Crippen LogP contribution < -0.4 is 10.1 Å². The van der Waals surface area contributed by atoms with E-state index in [0.717, 1.165) is 25.4 Å². The fraction of sp³-hybridized carbons (Fsp3) is 0.538. The lowest BCUT2D eigenvalue weighted by Crippen LogP contribution is -2.24. The molecule has 1 atom stereocenters. The Balaban J connectivity index is 2.30. The van der Waals surface area contributed by atoms with Gasteiger partial charge >= 0.3 is 0 Å². The van der Waals surface area contributed by atoms with Crippen LogP contribution in [-0.2, 0) is 0 Å². The number of benzene rings is 1. The van der Waals surface area contributed by atoms with E-state index >= 15 is 0 Å². The summed E-state index contributed by atoms with van der Waals surface area (Å²) in [5.41, 5.74) is 1.24. The molecule has 0 amide bonds. The van der Waals surface area contributed by atoms with Gasteiger partial charge in [0, 0.05) is 12.5 Å². The maximum Gasteiger partial charge on any atom is 0.119 e. The molecule has 1 unspecified atom stereocenters. The fourth-order valence-corrected chi connectivity index (χ4v) is 1.39. The third kappa shape index (κ3) is 4.84.